The molecule has 0 fully saturated rings. The van der Waals surface area contributed by atoms with Crippen LogP contribution in [0.1, 0.15) is 33.0 Å². The zero-order chi connectivity index (χ0) is 21.9. The van der Waals surface area contributed by atoms with Gasteiger partial charge in [-0.05, 0) is 23.6 Å². The van der Waals surface area contributed by atoms with Crippen molar-refractivity contribution in [1.82, 2.24) is 0 Å². The molecule has 8 heteroatoms. The second kappa shape index (κ2) is 8.90. The lowest BCUT2D eigenvalue weighted by Gasteiger charge is -2.21. The molecule has 2 N–H and O–H groups in total. The summed E-state index contributed by atoms with van der Waals surface area (Å²) in [6.45, 7) is 0. The highest BCUT2D eigenvalue weighted by Crippen LogP contribution is 2.60. The van der Waals surface area contributed by atoms with Crippen molar-refractivity contribution < 1.29 is 27.9 Å². The number of alkyl halides is 2. The van der Waals surface area contributed by atoms with Gasteiger partial charge in [0, 0.05) is 15.6 Å². The molecule has 0 bridgehead atoms. The SMILES string of the molecule is O=C(c1ccccc1)[C@H](Cc1ccc(C(F)(F)P(=O)(O)O)c(Br)c1)c1ccccc1. The molecule has 0 amide bonds. The van der Waals surface area contributed by atoms with Gasteiger partial charge in [0.05, 0.1) is 5.92 Å². The first-order valence-corrected chi connectivity index (χ1v) is 11.4. The smallest absolute Gasteiger partial charge is 0.320 e. The summed E-state index contributed by atoms with van der Waals surface area (Å²) < 4.78 is 39.2. The lowest BCUT2D eigenvalue weighted by Crippen LogP contribution is -2.17. The molecule has 0 aromatic heterocycles. The maximum atomic E-state index is 14.1. The number of carbonyl (C=O) groups excluding carboxylic acids is 1. The standard InChI is InChI=1S/C22H18BrF2O4P/c23-20-14-15(11-12-19(20)22(24,25)30(27,28)29)13-18(16-7-3-1-4-8-16)21(26)17-9-5-2-6-10-17/h1-12,14,18H,13H2,(H2,27,28,29)/t18-/m1/s1. The van der Waals surface area contributed by atoms with Crippen LogP contribution in [0, 0.1) is 0 Å². The van der Waals surface area contributed by atoms with Crippen LogP contribution in [0.25, 0.3) is 0 Å². The number of hydrogen-bond donors (Lipinski definition) is 2. The van der Waals surface area contributed by atoms with Crippen LogP contribution in [0.4, 0.5) is 8.78 Å². The van der Waals surface area contributed by atoms with Crippen LogP contribution >= 0.6 is 23.5 Å². The summed E-state index contributed by atoms with van der Waals surface area (Å²) in [7, 11) is -5.68. The maximum Gasteiger partial charge on any atom is 0.399 e. The zero-order valence-electron chi connectivity index (χ0n) is 15.6. The molecule has 0 spiro atoms. The highest BCUT2D eigenvalue weighted by molar-refractivity contribution is 9.10. The number of halogens is 3. The van der Waals surface area contributed by atoms with Gasteiger partial charge in [0.2, 0.25) is 0 Å². The van der Waals surface area contributed by atoms with Gasteiger partial charge in [0.1, 0.15) is 0 Å². The van der Waals surface area contributed by atoms with E-state index in [4.69, 9.17) is 9.79 Å². The lowest BCUT2D eigenvalue weighted by atomic mass is 9.85. The molecule has 0 radical (unpaired) electrons. The minimum Gasteiger partial charge on any atom is -0.320 e. The monoisotopic (exact) mass is 494 g/mol. The van der Waals surface area contributed by atoms with Gasteiger partial charge in [-0.25, -0.2) is 0 Å². The van der Waals surface area contributed by atoms with E-state index in [0.717, 1.165) is 11.6 Å². The molecule has 1 atom stereocenters. The topological polar surface area (TPSA) is 74.6 Å². The fraction of sp³-hybridized carbons (Fsp3) is 0.136. The second-order valence-corrected chi connectivity index (χ2v) is 9.30. The van der Waals surface area contributed by atoms with Gasteiger partial charge in [-0.15, -0.1) is 0 Å². The highest BCUT2D eigenvalue weighted by atomic mass is 79.9. The molecule has 0 aliphatic rings. The third-order valence-corrected chi connectivity index (χ3v) is 6.37. The van der Waals surface area contributed by atoms with Crippen molar-refractivity contribution in [2.45, 2.75) is 18.0 Å². The molecule has 0 aliphatic carbocycles. The average Bonchev–Trinajstić information content (AvgIpc) is 2.72. The van der Waals surface area contributed by atoms with Crippen LogP contribution in [0.5, 0.6) is 0 Å². The Morgan fingerprint density at radius 3 is 2.07 bits per heavy atom. The Hall–Kier alpha value is -2.18. The summed E-state index contributed by atoms with van der Waals surface area (Å²) >= 11 is 3.00. The Balaban J connectivity index is 1.97. The minimum absolute atomic E-state index is 0.109. The second-order valence-electron chi connectivity index (χ2n) is 6.80. The third kappa shape index (κ3) is 4.76. The van der Waals surface area contributed by atoms with Crippen molar-refractivity contribution in [3.63, 3.8) is 0 Å². The number of hydrogen-bond acceptors (Lipinski definition) is 2. The van der Waals surface area contributed by atoms with E-state index in [9.17, 15) is 18.1 Å². The Labute approximate surface area is 180 Å². The predicted molar refractivity (Wildman–Crippen MR) is 114 cm³/mol. The molecule has 156 valence electrons. The zero-order valence-corrected chi connectivity index (χ0v) is 18.1. The largest absolute Gasteiger partial charge is 0.399 e. The molecule has 3 rings (SSSR count). The van der Waals surface area contributed by atoms with E-state index in [1.807, 2.05) is 36.4 Å². The molecule has 0 saturated heterocycles. The molecule has 4 nitrogen and oxygen atoms in total. The normalized spacial score (nSPS) is 13.1. The minimum atomic E-state index is -5.68. The molecule has 3 aromatic carbocycles. The first-order valence-electron chi connectivity index (χ1n) is 8.98. The van der Waals surface area contributed by atoms with Crippen LogP contribution in [0.3, 0.4) is 0 Å². The van der Waals surface area contributed by atoms with Crippen LogP contribution in [-0.4, -0.2) is 15.6 Å². The highest BCUT2D eigenvalue weighted by Gasteiger charge is 2.51. The number of rotatable bonds is 7. The quantitative estimate of drug-likeness (QED) is 0.317. The van der Waals surface area contributed by atoms with Crippen molar-refractivity contribution in [2.75, 3.05) is 0 Å². The molecule has 0 heterocycles. The Kier molecular flexibility index (Phi) is 6.68. The summed E-state index contributed by atoms with van der Waals surface area (Å²) in [5, 5.41) is 0. The van der Waals surface area contributed by atoms with Gasteiger partial charge in [0.25, 0.3) is 0 Å². The molecule has 0 aliphatic heterocycles. The van der Waals surface area contributed by atoms with E-state index in [1.54, 1.807) is 24.3 Å². The predicted octanol–water partition coefficient (Wildman–Crippen LogP) is 5.89. The van der Waals surface area contributed by atoms with E-state index in [0.29, 0.717) is 11.1 Å². The molecular formula is C22H18BrF2O4P. The Morgan fingerprint density at radius 1 is 0.967 bits per heavy atom. The third-order valence-electron chi connectivity index (χ3n) is 4.74. The fourth-order valence-corrected chi connectivity index (χ4v) is 4.51. The summed E-state index contributed by atoms with van der Waals surface area (Å²) in [6.07, 6.45) is 0.234. The average molecular weight is 495 g/mol. The Bertz CT molecular complexity index is 1080. The molecular weight excluding hydrogens is 477 g/mol. The first kappa shape index (κ1) is 22.5. The van der Waals surface area contributed by atoms with Crippen LogP contribution in [0.2, 0.25) is 0 Å². The van der Waals surface area contributed by atoms with Crippen molar-refractivity contribution in [3.05, 3.63) is 106 Å². The van der Waals surface area contributed by atoms with Gasteiger partial charge in [-0.3, -0.25) is 9.36 Å². The Morgan fingerprint density at radius 2 is 1.53 bits per heavy atom. The van der Waals surface area contributed by atoms with Crippen molar-refractivity contribution in [2.24, 2.45) is 0 Å². The number of ketones is 1. The van der Waals surface area contributed by atoms with E-state index in [1.165, 1.54) is 12.1 Å². The fourth-order valence-electron chi connectivity index (χ4n) is 3.17. The van der Waals surface area contributed by atoms with E-state index < -0.39 is 24.7 Å². The van der Waals surface area contributed by atoms with E-state index in [2.05, 4.69) is 15.9 Å². The van der Waals surface area contributed by atoms with E-state index in [-0.39, 0.29) is 16.7 Å². The summed E-state index contributed by atoms with van der Waals surface area (Å²) in [6, 6.07) is 21.6. The van der Waals surface area contributed by atoms with Crippen LogP contribution in [0.15, 0.2) is 83.3 Å². The van der Waals surface area contributed by atoms with Gasteiger partial charge in [-0.1, -0.05) is 88.7 Å². The summed E-state index contributed by atoms with van der Waals surface area (Å²) in [5.41, 5.74) is -3.22. The van der Waals surface area contributed by atoms with Gasteiger partial charge >= 0.3 is 13.3 Å². The number of carbonyl (C=O) groups is 1. The van der Waals surface area contributed by atoms with Crippen molar-refractivity contribution in [3.8, 4) is 0 Å². The van der Waals surface area contributed by atoms with Crippen LogP contribution < -0.4 is 0 Å². The summed E-state index contributed by atoms with van der Waals surface area (Å²) in [5.74, 6) is -0.656. The van der Waals surface area contributed by atoms with Gasteiger partial charge in [-0.2, -0.15) is 8.78 Å². The molecule has 3 aromatic rings. The van der Waals surface area contributed by atoms with E-state index >= 15 is 0 Å². The van der Waals surface area contributed by atoms with Gasteiger partial charge < -0.3 is 9.79 Å². The van der Waals surface area contributed by atoms with Crippen molar-refractivity contribution >= 4 is 29.3 Å². The summed E-state index contributed by atoms with van der Waals surface area (Å²) in [4.78, 5) is 31.1. The molecule has 0 unspecified atom stereocenters. The molecule has 0 saturated carbocycles. The van der Waals surface area contributed by atoms with Crippen molar-refractivity contribution in [1.29, 1.82) is 0 Å². The van der Waals surface area contributed by atoms with Gasteiger partial charge in [0.15, 0.2) is 5.78 Å². The molecule has 30 heavy (non-hydrogen) atoms. The van der Waals surface area contributed by atoms with Crippen LogP contribution in [-0.2, 0) is 16.6 Å². The first-order chi connectivity index (χ1) is 14.1. The number of benzene rings is 3. The number of Topliss-reactive ketones (excluding diaryl/α,β-unsaturated/α-hetero) is 1. The lowest BCUT2D eigenvalue weighted by molar-refractivity contribution is 0.0557. The maximum absolute atomic E-state index is 14.1.